The van der Waals surface area contributed by atoms with Crippen LogP contribution in [-0.4, -0.2) is 19.4 Å². The van der Waals surface area contributed by atoms with Gasteiger partial charge in [0.15, 0.2) is 9.84 Å². The Morgan fingerprint density at radius 2 is 1.94 bits per heavy atom. The molecule has 2 N–H and O–H groups in total. The quantitative estimate of drug-likeness (QED) is 0.807. The van der Waals surface area contributed by atoms with Crippen LogP contribution < -0.4 is 5.48 Å². The Morgan fingerprint density at radius 3 is 2.50 bits per heavy atom. The predicted molar refractivity (Wildman–Crippen MR) is 64.9 cm³/mol. The van der Waals surface area contributed by atoms with Crippen molar-refractivity contribution in [2.75, 3.05) is 5.75 Å². The Balaban J connectivity index is 2.22. The fraction of sp³-hybridized carbons (Fsp3) is 0.167. The van der Waals surface area contributed by atoms with E-state index in [1.54, 1.807) is 24.3 Å². The molecule has 0 fully saturated rings. The second-order valence-corrected chi connectivity index (χ2v) is 5.87. The summed E-state index contributed by atoms with van der Waals surface area (Å²) < 4.78 is 29.1. The summed E-state index contributed by atoms with van der Waals surface area (Å²) in [5.41, 5.74) is 2.57. The lowest BCUT2D eigenvalue weighted by atomic mass is 10.2. The highest BCUT2D eigenvalue weighted by Crippen LogP contribution is 2.19. The monoisotopic (exact) mass is 267 g/mol. The second kappa shape index (κ2) is 5.34. The minimum atomic E-state index is -3.46. The van der Waals surface area contributed by atoms with Crippen molar-refractivity contribution in [2.24, 2.45) is 0 Å². The number of nitrogens with one attached hydrogen (secondary N) is 1. The molecule has 18 heavy (non-hydrogen) atoms. The Kier molecular flexibility index (Phi) is 3.81. The van der Waals surface area contributed by atoms with E-state index in [1.165, 1.54) is 24.7 Å². The van der Waals surface area contributed by atoms with E-state index < -0.39 is 15.9 Å². The van der Waals surface area contributed by atoms with Crippen molar-refractivity contribution in [3.05, 3.63) is 54.5 Å². The van der Waals surface area contributed by atoms with Crippen LogP contribution in [0.4, 0.5) is 0 Å². The molecule has 6 heteroatoms. The molecule has 1 atom stereocenters. The molecule has 1 unspecified atom stereocenters. The second-order valence-electron chi connectivity index (χ2n) is 3.83. The molecule has 5 nitrogen and oxygen atoms in total. The third-order valence-electron chi connectivity index (χ3n) is 2.59. The highest BCUT2D eigenvalue weighted by atomic mass is 32.2. The summed E-state index contributed by atoms with van der Waals surface area (Å²) in [4.78, 5) is 0.230. The number of sulfone groups is 1. The number of benzene rings is 1. The Morgan fingerprint density at radius 1 is 1.22 bits per heavy atom. The standard InChI is InChI=1S/C12H13NO4S/c14-13-12(10-6-7-17-8-10)9-18(15,16)11-4-2-1-3-5-11/h1-8,12-14H,9H2. The number of hydroxylamine groups is 1. The molecular formula is C12H13NO4S. The molecule has 0 aliphatic carbocycles. The van der Waals surface area contributed by atoms with Crippen LogP contribution in [0.15, 0.2) is 58.2 Å². The summed E-state index contributed by atoms with van der Waals surface area (Å²) in [6.45, 7) is 0. The van der Waals surface area contributed by atoms with Crippen molar-refractivity contribution in [1.29, 1.82) is 0 Å². The molecule has 0 spiro atoms. The molecule has 1 heterocycles. The molecule has 0 aliphatic rings. The minimum Gasteiger partial charge on any atom is -0.472 e. The summed E-state index contributed by atoms with van der Waals surface area (Å²) in [6, 6.07) is 9.01. The van der Waals surface area contributed by atoms with E-state index in [-0.39, 0.29) is 10.6 Å². The van der Waals surface area contributed by atoms with Gasteiger partial charge in [0.1, 0.15) is 0 Å². The van der Waals surface area contributed by atoms with Crippen LogP contribution in [-0.2, 0) is 9.84 Å². The van der Waals surface area contributed by atoms with E-state index in [0.29, 0.717) is 5.56 Å². The van der Waals surface area contributed by atoms with Gasteiger partial charge in [-0.05, 0) is 18.2 Å². The molecule has 0 saturated heterocycles. The van der Waals surface area contributed by atoms with Crippen molar-refractivity contribution in [3.63, 3.8) is 0 Å². The summed E-state index contributed by atoms with van der Waals surface area (Å²) in [6.07, 6.45) is 2.82. The molecule has 96 valence electrons. The van der Waals surface area contributed by atoms with Gasteiger partial charge >= 0.3 is 0 Å². The molecule has 0 bridgehead atoms. The Bertz CT molecular complexity index is 578. The third kappa shape index (κ3) is 2.79. The first-order valence-electron chi connectivity index (χ1n) is 5.33. The zero-order valence-corrected chi connectivity index (χ0v) is 10.3. The van der Waals surface area contributed by atoms with Crippen molar-refractivity contribution in [2.45, 2.75) is 10.9 Å². The average Bonchev–Trinajstić information content (AvgIpc) is 2.91. The molecule has 2 aromatic rings. The maximum Gasteiger partial charge on any atom is 0.180 e. The Hall–Kier alpha value is -1.63. The van der Waals surface area contributed by atoms with Crippen LogP contribution in [0.3, 0.4) is 0 Å². The fourth-order valence-electron chi connectivity index (χ4n) is 1.62. The van der Waals surface area contributed by atoms with E-state index in [0.717, 1.165) is 0 Å². The van der Waals surface area contributed by atoms with Crippen LogP contribution in [0, 0.1) is 0 Å². The molecule has 0 radical (unpaired) electrons. The van der Waals surface area contributed by atoms with Crippen molar-refractivity contribution < 1.29 is 18.0 Å². The molecular weight excluding hydrogens is 254 g/mol. The van der Waals surface area contributed by atoms with E-state index >= 15 is 0 Å². The van der Waals surface area contributed by atoms with E-state index in [2.05, 4.69) is 0 Å². The van der Waals surface area contributed by atoms with Gasteiger partial charge in [0.25, 0.3) is 0 Å². The molecule has 1 aromatic heterocycles. The van der Waals surface area contributed by atoms with Gasteiger partial charge in [0.05, 0.1) is 29.2 Å². The lowest BCUT2D eigenvalue weighted by Crippen LogP contribution is -2.25. The van der Waals surface area contributed by atoms with Crippen LogP contribution in [0.25, 0.3) is 0 Å². The van der Waals surface area contributed by atoms with Gasteiger partial charge in [-0.2, -0.15) is 5.48 Å². The van der Waals surface area contributed by atoms with Crippen LogP contribution in [0.5, 0.6) is 0 Å². The minimum absolute atomic E-state index is 0.230. The molecule has 0 saturated carbocycles. The molecule has 2 rings (SSSR count). The lowest BCUT2D eigenvalue weighted by molar-refractivity contribution is 0.134. The van der Waals surface area contributed by atoms with Gasteiger partial charge in [0.2, 0.25) is 0 Å². The van der Waals surface area contributed by atoms with Crippen LogP contribution in [0.2, 0.25) is 0 Å². The molecule has 0 amide bonds. The van der Waals surface area contributed by atoms with Gasteiger partial charge in [-0.3, -0.25) is 0 Å². The predicted octanol–water partition coefficient (Wildman–Crippen LogP) is 1.77. The normalized spacial score (nSPS) is 13.4. The topological polar surface area (TPSA) is 79.5 Å². The first-order valence-corrected chi connectivity index (χ1v) is 6.98. The zero-order chi connectivity index (χ0) is 13.0. The van der Waals surface area contributed by atoms with Gasteiger partial charge < -0.3 is 9.62 Å². The third-order valence-corrected chi connectivity index (χ3v) is 4.35. The van der Waals surface area contributed by atoms with E-state index in [4.69, 9.17) is 9.62 Å². The molecule has 1 aromatic carbocycles. The summed E-state index contributed by atoms with van der Waals surface area (Å²) in [5, 5.41) is 9.05. The summed E-state index contributed by atoms with van der Waals surface area (Å²) in [7, 11) is -3.46. The largest absolute Gasteiger partial charge is 0.472 e. The summed E-state index contributed by atoms with van der Waals surface area (Å²) >= 11 is 0. The van der Waals surface area contributed by atoms with Gasteiger partial charge in [-0.1, -0.05) is 18.2 Å². The van der Waals surface area contributed by atoms with Crippen LogP contribution >= 0.6 is 0 Å². The maximum atomic E-state index is 12.1. The summed E-state index contributed by atoms with van der Waals surface area (Å²) in [5.74, 6) is -0.243. The smallest absolute Gasteiger partial charge is 0.180 e. The first kappa shape index (κ1) is 12.8. The number of furan rings is 1. The first-order chi connectivity index (χ1) is 8.63. The van der Waals surface area contributed by atoms with Gasteiger partial charge in [-0.15, -0.1) is 0 Å². The fourth-order valence-corrected chi connectivity index (χ4v) is 3.09. The highest BCUT2D eigenvalue weighted by molar-refractivity contribution is 7.91. The highest BCUT2D eigenvalue weighted by Gasteiger charge is 2.22. The number of hydrogen-bond acceptors (Lipinski definition) is 5. The Labute approximate surface area is 105 Å². The van der Waals surface area contributed by atoms with Crippen molar-refractivity contribution in [1.82, 2.24) is 5.48 Å². The van der Waals surface area contributed by atoms with E-state index in [9.17, 15) is 8.42 Å². The van der Waals surface area contributed by atoms with Crippen LogP contribution in [0.1, 0.15) is 11.6 Å². The maximum absolute atomic E-state index is 12.1. The molecule has 0 aliphatic heterocycles. The lowest BCUT2D eigenvalue weighted by Gasteiger charge is -2.13. The zero-order valence-electron chi connectivity index (χ0n) is 9.48. The van der Waals surface area contributed by atoms with Crippen molar-refractivity contribution >= 4 is 9.84 Å². The van der Waals surface area contributed by atoms with Crippen molar-refractivity contribution in [3.8, 4) is 0 Å². The van der Waals surface area contributed by atoms with Gasteiger partial charge in [0, 0.05) is 5.56 Å². The average molecular weight is 267 g/mol. The SMILES string of the molecule is O=S(=O)(CC(NO)c1ccoc1)c1ccccc1. The number of rotatable bonds is 5. The van der Waals surface area contributed by atoms with Gasteiger partial charge in [-0.25, -0.2) is 8.42 Å². The van der Waals surface area contributed by atoms with E-state index in [1.807, 2.05) is 5.48 Å². The number of hydrogen-bond donors (Lipinski definition) is 2.